The van der Waals surface area contributed by atoms with Crippen molar-refractivity contribution in [3.05, 3.63) is 24.0 Å². The summed E-state index contributed by atoms with van der Waals surface area (Å²) in [4.78, 5) is 28.8. The first-order chi connectivity index (χ1) is 9.97. The van der Waals surface area contributed by atoms with Gasteiger partial charge in [0.05, 0.1) is 5.92 Å². The maximum Gasteiger partial charge on any atom is 0.270 e. The van der Waals surface area contributed by atoms with Crippen molar-refractivity contribution in [2.75, 3.05) is 26.2 Å². The summed E-state index contributed by atoms with van der Waals surface area (Å²) in [5.41, 5.74) is 0.696. The van der Waals surface area contributed by atoms with Gasteiger partial charge in [0.1, 0.15) is 5.69 Å². The maximum atomic E-state index is 12.5. The fourth-order valence-electron chi connectivity index (χ4n) is 3.56. The minimum atomic E-state index is 0.00738. The van der Waals surface area contributed by atoms with Crippen LogP contribution in [0.1, 0.15) is 24.3 Å². The van der Waals surface area contributed by atoms with E-state index in [1.165, 1.54) is 0 Å². The first kappa shape index (κ1) is 14.2. The predicted octanol–water partition coefficient (Wildman–Crippen LogP) is 1.21. The van der Waals surface area contributed by atoms with Gasteiger partial charge in [-0.25, -0.2) is 0 Å². The zero-order valence-corrected chi connectivity index (χ0v) is 13.0. The second kappa shape index (κ2) is 5.20. The van der Waals surface area contributed by atoms with Gasteiger partial charge >= 0.3 is 0 Å². The molecule has 0 saturated carbocycles. The van der Waals surface area contributed by atoms with E-state index in [4.69, 9.17) is 0 Å². The van der Waals surface area contributed by atoms with Crippen LogP contribution < -0.4 is 0 Å². The number of amides is 2. The van der Waals surface area contributed by atoms with Gasteiger partial charge in [0, 0.05) is 45.3 Å². The molecule has 2 aliphatic rings. The third-order valence-corrected chi connectivity index (χ3v) is 4.56. The number of hydrogen-bond acceptors (Lipinski definition) is 2. The van der Waals surface area contributed by atoms with Crippen molar-refractivity contribution < 1.29 is 9.59 Å². The van der Waals surface area contributed by atoms with Crippen molar-refractivity contribution in [2.24, 2.45) is 24.8 Å². The van der Waals surface area contributed by atoms with Crippen LogP contribution in [0.3, 0.4) is 0 Å². The zero-order chi connectivity index (χ0) is 15.1. The molecular formula is C16H23N3O2. The monoisotopic (exact) mass is 289 g/mol. The minimum absolute atomic E-state index is 0.00738. The summed E-state index contributed by atoms with van der Waals surface area (Å²) >= 11 is 0. The second-order valence-electron chi connectivity index (χ2n) is 6.72. The van der Waals surface area contributed by atoms with Crippen molar-refractivity contribution in [1.29, 1.82) is 0 Å². The molecule has 3 heterocycles. The molecule has 3 rings (SSSR count). The largest absolute Gasteiger partial charge is 0.347 e. The third kappa shape index (κ3) is 2.45. The van der Waals surface area contributed by atoms with Crippen LogP contribution in [0.2, 0.25) is 0 Å². The summed E-state index contributed by atoms with van der Waals surface area (Å²) in [6, 6.07) is 3.71. The van der Waals surface area contributed by atoms with Crippen LogP contribution in [0.5, 0.6) is 0 Å². The molecule has 0 aliphatic carbocycles. The minimum Gasteiger partial charge on any atom is -0.347 e. The topological polar surface area (TPSA) is 45.5 Å². The van der Waals surface area contributed by atoms with Gasteiger partial charge in [0.25, 0.3) is 5.91 Å². The second-order valence-corrected chi connectivity index (χ2v) is 6.72. The number of fused-ring (bicyclic) bond motifs is 1. The lowest BCUT2D eigenvalue weighted by molar-refractivity contribution is -0.131. The highest BCUT2D eigenvalue weighted by Gasteiger charge is 2.47. The number of aromatic nitrogens is 1. The molecule has 1 aromatic rings. The van der Waals surface area contributed by atoms with Crippen molar-refractivity contribution in [3.8, 4) is 0 Å². The number of likely N-dealkylation sites (tertiary alicyclic amines) is 2. The Kier molecular flexibility index (Phi) is 3.51. The number of nitrogens with zero attached hydrogens (tertiary/aromatic N) is 3. The van der Waals surface area contributed by atoms with Crippen molar-refractivity contribution in [2.45, 2.75) is 13.8 Å². The number of aryl methyl sites for hydroxylation is 1. The maximum absolute atomic E-state index is 12.5. The molecule has 0 bridgehead atoms. The molecule has 2 saturated heterocycles. The Morgan fingerprint density at radius 2 is 2.10 bits per heavy atom. The number of hydrogen-bond donors (Lipinski definition) is 0. The fourth-order valence-corrected chi connectivity index (χ4v) is 3.56. The van der Waals surface area contributed by atoms with E-state index < -0.39 is 0 Å². The number of carbonyl (C=O) groups is 2. The Hall–Kier alpha value is -1.78. The predicted molar refractivity (Wildman–Crippen MR) is 79.7 cm³/mol. The Bertz CT molecular complexity index is 564. The van der Waals surface area contributed by atoms with Crippen LogP contribution >= 0.6 is 0 Å². The Morgan fingerprint density at radius 3 is 2.67 bits per heavy atom. The summed E-state index contributed by atoms with van der Waals surface area (Å²) in [7, 11) is 1.87. The highest BCUT2D eigenvalue weighted by atomic mass is 16.2. The van der Waals surface area contributed by atoms with E-state index in [0.29, 0.717) is 30.6 Å². The molecule has 0 aromatic carbocycles. The SMILES string of the molecule is CC(C)CN1C[C@H]2CN(C(=O)c3cccn3C)C[C@H]2C1=O. The van der Waals surface area contributed by atoms with Gasteiger partial charge in [-0.3, -0.25) is 9.59 Å². The molecule has 0 radical (unpaired) electrons. The van der Waals surface area contributed by atoms with Crippen molar-refractivity contribution in [3.63, 3.8) is 0 Å². The average Bonchev–Trinajstić information content (AvgIpc) is 3.07. The van der Waals surface area contributed by atoms with Gasteiger partial charge in [-0.2, -0.15) is 0 Å². The van der Waals surface area contributed by atoms with Gasteiger partial charge in [-0.15, -0.1) is 0 Å². The van der Waals surface area contributed by atoms with Crippen LogP contribution in [-0.2, 0) is 11.8 Å². The molecule has 114 valence electrons. The fraction of sp³-hybridized carbons (Fsp3) is 0.625. The van der Waals surface area contributed by atoms with Gasteiger partial charge in [-0.1, -0.05) is 13.8 Å². The van der Waals surface area contributed by atoms with Crippen LogP contribution in [0.25, 0.3) is 0 Å². The first-order valence-electron chi connectivity index (χ1n) is 7.66. The lowest BCUT2D eigenvalue weighted by Gasteiger charge is -2.23. The molecule has 5 heteroatoms. The van der Waals surface area contributed by atoms with E-state index in [0.717, 1.165) is 13.1 Å². The van der Waals surface area contributed by atoms with Crippen molar-refractivity contribution >= 4 is 11.8 Å². The Balaban J connectivity index is 1.67. The van der Waals surface area contributed by atoms with Gasteiger partial charge in [0.15, 0.2) is 0 Å². The summed E-state index contributed by atoms with van der Waals surface area (Å²) < 4.78 is 1.84. The van der Waals surface area contributed by atoms with Gasteiger partial charge in [-0.05, 0) is 18.1 Å². The molecular weight excluding hydrogens is 266 g/mol. The standard InChI is InChI=1S/C16H23N3O2/c1-11(2)7-18-8-12-9-19(10-13(12)15(18)20)16(21)14-5-4-6-17(14)3/h4-6,11-13H,7-10H2,1-3H3/t12-,13+/m0/s1. The highest BCUT2D eigenvalue weighted by Crippen LogP contribution is 2.33. The van der Waals surface area contributed by atoms with Gasteiger partial charge in [0.2, 0.25) is 5.91 Å². The van der Waals surface area contributed by atoms with E-state index in [1.807, 2.05) is 39.7 Å². The third-order valence-electron chi connectivity index (χ3n) is 4.56. The zero-order valence-electron chi connectivity index (χ0n) is 13.0. The molecule has 5 nitrogen and oxygen atoms in total. The van der Waals surface area contributed by atoms with E-state index in [1.54, 1.807) is 0 Å². The quantitative estimate of drug-likeness (QED) is 0.839. The molecule has 0 unspecified atom stereocenters. The molecule has 1 aromatic heterocycles. The summed E-state index contributed by atoms with van der Waals surface area (Å²) in [5.74, 6) is 1.08. The Morgan fingerprint density at radius 1 is 1.33 bits per heavy atom. The highest BCUT2D eigenvalue weighted by molar-refractivity contribution is 5.94. The first-order valence-corrected chi connectivity index (χ1v) is 7.66. The molecule has 2 aliphatic heterocycles. The van der Waals surface area contributed by atoms with E-state index in [-0.39, 0.29) is 17.7 Å². The van der Waals surface area contributed by atoms with Crippen LogP contribution in [0, 0.1) is 17.8 Å². The molecule has 2 amide bonds. The smallest absolute Gasteiger partial charge is 0.270 e. The summed E-state index contributed by atoms with van der Waals surface area (Å²) in [6.07, 6.45) is 1.87. The lowest BCUT2D eigenvalue weighted by atomic mass is 10.0. The van der Waals surface area contributed by atoms with Crippen LogP contribution in [0.15, 0.2) is 18.3 Å². The molecule has 2 fully saturated rings. The molecule has 2 atom stereocenters. The van der Waals surface area contributed by atoms with Crippen LogP contribution in [-0.4, -0.2) is 52.4 Å². The summed E-state index contributed by atoms with van der Waals surface area (Å²) in [5, 5.41) is 0. The van der Waals surface area contributed by atoms with Gasteiger partial charge < -0.3 is 14.4 Å². The summed E-state index contributed by atoms with van der Waals surface area (Å²) in [6.45, 7) is 7.17. The number of carbonyl (C=O) groups excluding carboxylic acids is 2. The molecule has 0 spiro atoms. The Labute approximate surface area is 125 Å². The van der Waals surface area contributed by atoms with Crippen molar-refractivity contribution in [1.82, 2.24) is 14.4 Å². The van der Waals surface area contributed by atoms with E-state index in [2.05, 4.69) is 13.8 Å². The molecule has 0 N–H and O–H groups in total. The van der Waals surface area contributed by atoms with Crippen LogP contribution in [0.4, 0.5) is 0 Å². The average molecular weight is 289 g/mol. The number of rotatable bonds is 3. The lowest BCUT2D eigenvalue weighted by Crippen LogP contribution is -2.37. The van der Waals surface area contributed by atoms with E-state index in [9.17, 15) is 9.59 Å². The molecule has 21 heavy (non-hydrogen) atoms. The normalized spacial score (nSPS) is 25.0. The van der Waals surface area contributed by atoms with E-state index >= 15 is 0 Å².